The van der Waals surface area contributed by atoms with Crippen molar-refractivity contribution in [3.63, 3.8) is 0 Å². The molecule has 0 heterocycles. The van der Waals surface area contributed by atoms with Crippen LogP contribution in [0.4, 0.5) is 0 Å². The summed E-state index contributed by atoms with van der Waals surface area (Å²) in [4.78, 5) is 22.4. The molecule has 19 heavy (non-hydrogen) atoms. The topological polar surface area (TPSA) is 55.4 Å². The van der Waals surface area contributed by atoms with E-state index in [-0.39, 0.29) is 17.6 Å². The number of ether oxygens (including phenoxy) is 1. The van der Waals surface area contributed by atoms with E-state index in [1.807, 2.05) is 0 Å². The summed E-state index contributed by atoms with van der Waals surface area (Å²) < 4.78 is 4.68. The molecule has 5 heteroatoms. The number of rotatable bonds is 11. The van der Waals surface area contributed by atoms with Crippen LogP contribution in [0.2, 0.25) is 0 Å². The molecule has 0 saturated carbocycles. The van der Waals surface area contributed by atoms with Gasteiger partial charge >= 0.3 is 0 Å². The molecule has 0 rings (SSSR count). The largest absolute Gasteiger partial charge is 0.376 e. The maximum Gasteiger partial charge on any atom is 0.244 e. The van der Waals surface area contributed by atoms with Gasteiger partial charge in [0.1, 0.15) is 6.61 Å². The predicted molar refractivity (Wildman–Crippen MR) is 80.0 cm³/mol. The monoisotopic (exact) mass is 287 g/mol. The Hall–Kier alpha value is -0.810. The minimum absolute atomic E-state index is 0.0639. The number of carbonyl (C=O) groups excluding carboxylic acids is 2. The van der Waals surface area contributed by atoms with E-state index >= 15 is 0 Å². The lowest BCUT2D eigenvalue weighted by Gasteiger charge is -2.02. The highest BCUT2D eigenvalue weighted by Gasteiger charge is 1.99. The molecular weight excluding hydrogens is 262 g/mol. The Kier molecular flexibility index (Phi) is 13.0. The Morgan fingerprint density at radius 2 is 1.84 bits per heavy atom. The van der Waals surface area contributed by atoms with Crippen molar-refractivity contribution in [3.05, 3.63) is 11.5 Å². The van der Waals surface area contributed by atoms with Gasteiger partial charge in [0, 0.05) is 19.7 Å². The highest BCUT2D eigenvalue weighted by atomic mass is 32.2. The first-order chi connectivity index (χ1) is 9.20. The van der Waals surface area contributed by atoms with Crippen LogP contribution in [-0.4, -0.2) is 31.3 Å². The second-order valence-corrected chi connectivity index (χ2v) is 5.25. The zero-order valence-corrected chi connectivity index (χ0v) is 12.8. The standard InChI is InChI=1S/C14H25NO3S/c1-3-4-5-6-7-8-10-15-13(16)9-11-19-14(17)12-18-2/h9,11H,3-8,10,12H2,1-2H3,(H,15,16). The first-order valence-electron chi connectivity index (χ1n) is 6.83. The molecule has 0 aliphatic rings. The summed E-state index contributed by atoms with van der Waals surface area (Å²) in [5.41, 5.74) is 0. The van der Waals surface area contributed by atoms with Crippen LogP contribution in [0.1, 0.15) is 45.4 Å². The summed E-state index contributed by atoms with van der Waals surface area (Å²) in [5.74, 6) is -0.147. The van der Waals surface area contributed by atoms with Gasteiger partial charge in [0.05, 0.1) is 0 Å². The number of thioether (sulfide) groups is 1. The van der Waals surface area contributed by atoms with E-state index in [0.717, 1.165) is 24.6 Å². The van der Waals surface area contributed by atoms with Gasteiger partial charge in [-0.25, -0.2) is 0 Å². The molecule has 0 spiro atoms. The third-order valence-corrected chi connectivity index (χ3v) is 3.16. The molecule has 0 aromatic heterocycles. The summed E-state index contributed by atoms with van der Waals surface area (Å²) in [6.07, 6.45) is 8.62. The number of amides is 1. The summed E-state index contributed by atoms with van der Waals surface area (Å²) >= 11 is 0.977. The summed E-state index contributed by atoms with van der Waals surface area (Å²) in [5, 5.41) is 4.19. The van der Waals surface area contributed by atoms with Crippen molar-refractivity contribution in [2.75, 3.05) is 20.3 Å². The molecule has 0 aromatic rings. The van der Waals surface area contributed by atoms with Gasteiger partial charge < -0.3 is 10.1 Å². The first kappa shape index (κ1) is 18.2. The lowest BCUT2D eigenvalue weighted by molar-refractivity contribution is -0.116. The van der Waals surface area contributed by atoms with Crippen molar-refractivity contribution in [1.82, 2.24) is 5.32 Å². The molecule has 0 aliphatic heterocycles. The highest BCUT2D eigenvalue weighted by Crippen LogP contribution is 2.05. The van der Waals surface area contributed by atoms with Crippen molar-refractivity contribution in [3.8, 4) is 0 Å². The molecule has 0 atom stereocenters. The predicted octanol–water partition coefficient (Wildman–Crippen LogP) is 2.88. The molecule has 1 N–H and O–H groups in total. The number of carbonyl (C=O) groups is 2. The smallest absolute Gasteiger partial charge is 0.244 e. The van der Waals surface area contributed by atoms with Crippen LogP contribution in [0, 0.1) is 0 Å². The number of nitrogens with one attached hydrogen (secondary N) is 1. The van der Waals surface area contributed by atoms with Crippen LogP contribution < -0.4 is 5.32 Å². The zero-order valence-electron chi connectivity index (χ0n) is 11.9. The lowest BCUT2D eigenvalue weighted by atomic mass is 10.1. The Morgan fingerprint density at radius 1 is 1.16 bits per heavy atom. The maximum absolute atomic E-state index is 11.4. The molecule has 0 aromatic carbocycles. The second-order valence-electron chi connectivity index (χ2n) is 4.28. The number of hydrogen-bond donors (Lipinski definition) is 1. The molecule has 0 unspecified atom stereocenters. The van der Waals surface area contributed by atoms with Crippen molar-refractivity contribution in [1.29, 1.82) is 0 Å². The van der Waals surface area contributed by atoms with Crippen LogP contribution in [-0.2, 0) is 14.3 Å². The zero-order chi connectivity index (χ0) is 14.3. The van der Waals surface area contributed by atoms with Crippen molar-refractivity contribution < 1.29 is 14.3 Å². The third-order valence-electron chi connectivity index (χ3n) is 2.51. The minimum Gasteiger partial charge on any atom is -0.376 e. The molecule has 0 aliphatic carbocycles. The van der Waals surface area contributed by atoms with E-state index in [1.54, 1.807) is 0 Å². The number of hydrogen-bond acceptors (Lipinski definition) is 4. The number of unbranched alkanes of at least 4 members (excludes halogenated alkanes) is 5. The highest BCUT2D eigenvalue weighted by molar-refractivity contribution is 8.16. The fourth-order valence-electron chi connectivity index (χ4n) is 1.50. The van der Waals surface area contributed by atoms with Gasteiger partial charge in [-0.3, -0.25) is 9.59 Å². The molecular formula is C14H25NO3S. The quantitative estimate of drug-likeness (QED) is 0.469. The lowest BCUT2D eigenvalue weighted by Crippen LogP contribution is -2.21. The van der Waals surface area contributed by atoms with Crippen LogP contribution in [0.3, 0.4) is 0 Å². The average Bonchev–Trinajstić information content (AvgIpc) is 2.38. The third kappa shape index (κ3) is 13.4. The van der Waals surface area contributed by atoms with E-state index in [2.05, 4.69) is 17.0 Å². The van der Waals surface area contributed by atoms with Crippen molar-refractivity contribution in [2.24, 2.45) is 0 Å². The summed E-state index contributed by atoms with van der Waals surface area (Å²) in [6, 6.07) is 0. The molecule has 0 saturated heterocycles. The van der Waals surface area contributed by atoms with Gasteiger partial charge in [-0.2, -0.15) is 0 Å². The Bertz CT molecular complexity index is 280. The molecule has 4 nitrogen and oxygen atoms in total. The molecule has 0 fully saturated rings. The van der Waals surface area contributed by atoms with Gasteiger partial charge in [-0.1, -0.05) is 50.8 Å². The molecule has 1 amide bonds. The average molecular weight is 287 g/mol. The van der Waals surface area contributed by atoms with E-state index in [4.69, 9.17) is 0 Å². The van der Waals surface area contributed by atoms with Gasteiger partial charge in [0.2, 0.25) is 11.0 Å². The number of methoxy groups -OCH3 is 1. The molecule has 0 bridgehead atoms. The van der Waals surface area contributed by atoms with Crippen LogP contribution in [0.25, 0.3) is 0 Å². The van der Waals surface area contributed by atoms with E-state index in [1.165, 1.54) is 44.3 Å². The Balaban J connectivity index is 3.43. The second kappa shape index (κ2) is 13.6. The Labute approximate surface area is 120 Å². The van der Waals surface area contributed by atoms with Crippen LogP contribution in [0.5, 0.6) is 0 Å². The summed E-state index contributed by atoms with van der Waals surface area (Å²) in [6.45, 7) is 2.96. The maximum atomic E-state index is 11.4. The fourth-order valence-corrected chi connectivity index (χ4v) is 2.03. The summed E-state index contributed by atoms with van der Waals surface area (Å²) in [7, 11) is 1.47. The SMILES string of the molecule is CCCCCCCCNC(=O)C=CSC(=O)COC. The minimum atomic E-state index is -0.147. The van der Waals surface area contributed by atoms with Crippen LogP contribution in [0.15, 0.2) is 11.5 Å². The van der Waals surface area contributed by atoms with Crippen molar-refractivity contribution >= 4 is 22.8 Å². The first-order valence-corrected chi connectivity index (χ1v) is 7.71. The van der Waals surface area contributed by atoms with E-state index in [9.17, 15) is 9.59 Å². The van der Waals surface area contributed by atoms with Crippen molar-refractivity contribution in [2.45, 2.75) is 45.4 Å². The molecule has 0 radical (unpaired) electrons. The van der Waals surface area contributed by atoms with Gasteiger partial charge in [0.25, 0.3) is 0 Å². The van der Waals surface area contributed by atoms with Gasteiger partial charge in [-0.05, 0) is 11.8 Å². The van der Waals surface area contributed by atoms with Gasteiger partial charge in [0.15, 0.2) is 0 Å². The van der Waals surface area contributed by atoms with E-state index < -0.39 is 0 Å². The normalized spacial score (nSPS) is 10.8. The van der Waals surface area contributed by atoms with Crippen LogP contribution >= 0.6 is 11.8 Å². The molecule has 110 valence electrons. The Morgan fingerprint density at radius 3 is 2.53 bits per heavy atom. The fraction of sp³-hybridized carbons (Fsp3) is 0.714. The van der Waals surface area contributed by atoms with E-state index in [0.29, 0.717) is 6.54 Å². The van der Waals surface area contributed by atoms with Gasteiger partial charge in [-0.15, -0.1) is 0 Å².